The average molecular weight is 305 g/mol. The summed E-state index contributed by atoms with van der Waals surface area (Å²) in [6, 6.07) is 4.19. The maximum Gasteiger partial charge on any atom is 0.416 e. The number of hydrogen-bond donors (Lipinski definition) is 0. The number of hydrogen-bond acceptors (Lipinski definition) is 4. The second kappa shape index (κ2) is 4.89. The average Bonchev–Trinajstić information content (AvgIpc) is 2.75. The van der Waals surface area contributed by atoms with E-state index in [1.54, 1.807) is 0 Å². The van der Waals surface area contributed by atoms with Crippen molar-refractivity contribution in [1.82, 2.24) is 14.8 Å². The van der Waals surface area contributed by atoms with Gasteiger partial charge >= 0.3 is 6.18 Å². The molecule has 1 aromatic heterocycles. The predicted octanol–water partition coefficient (Wildman–Crippen LogP) is 1.81. The zero-order valence-electron chi connectivity index (χ0n) is 10.3. The van der Waals surface area contributed by atoms with Crippen molar-refractivity contribution in [3.8, 4) is 0 Å². The van der Waals surface area contributed by atoms with Gasteiger partial charge in [-0.2, -0.15) is 13.2 Å². The van der Waals surface area contributed by atoms with Gasteiger partial charge in [0.05, 0.1) is 11.3 Å². The van der Waals surface area contributed by atoms with Gasteiger partial charge in [-0.1, -0.05) is 18.2 Å². The van der Waals surface area contributed by atoms with Crippen molar-refractivity contribution in [3.05, 3.63) is 41.7 Å². The Morgan fingerprint density at radius 3 is 2.55 bits per heavy atom. The molecule has 108 valence electrons. The highest BCUT2D eigenvalue weighted by molar-refractivity contribution is 7.90. The highest BCUT2D eigenvalue weighted by Crippen LogP contribution is 2.30. The molecule has 1 aromatic carbocycles. The molecule has 9 heteroatoms. The number of aryl methyl sites for hydroxylation is 1. The second-order valence-electron chi connectivity index (χ2n) is 4.18. The summed E-state index contributed by atoms with van der Waals surface area (Å²) in [5, 5.41) is 6.62. The first-order valence-corrected chi connectivity index (χ1v) is 7.08. The number of rotatable bonds is 3. The van der Waals surface area contributed by atoms with Crippen molar-refractivity contribution >= 4 is 9.84 Å². The largest absolute Gasteiger partial charge is 0.416 e. The van der Waals surface area contributed by atoms with E-state index in [2.05, 4.69) is 10.2 Å². The second-order valence-corrected chi connectivity index (χ2v) is 6.06. The lowest BCUT2D eigenvalue weighted by Crippen LogP contribution is -2.12. The number of sulfone groups is 1. The molecule has 0 aliphatic heterocycles. The summed E-state index contributed by atoms with van der Waals surface area (Å²) in [6.45, 7) is 0. The molecule has 0 spiro atoms. The Morgan fingerprint density at radius 2 is 2.00 bits per heavy atom. The lowest BCUT2D eigenvalue weighted by molar-refractivity contribution is -0.137. The maximum atomic E-state index is 12.6. The highest BCUT2D eigenvalue weighted by Gasteiger charge is 2.31. The smallest absolute Gasteiger partial charge is 0.308 e. The Bertz CT molecular complexity index is 723. The highest BCUT2D eigenvalue weighted by atomic mass is 32.2. The monoisotopic (exact) mass is 305 g/mol. The van der Waals surface area contributed by atoms with Crippen LogP contribution in [0.3, 0.4) is 0 Å². The van der Waals surface area contributed by atoms with Crippen LogP contribution in [-0.4, -0.2) is 23.2 Å². The van der Waals surface area contributed by atoms with E-state index in [1.807, 2.05) is 0 Å². The molecule has 0 aliphatic rings. The fourth-order valence-electron chi connectivity index (χ4n) is 1.68. The predicted molar refractivity (Wildman–Crippen MR) is 63.3 cm³/mol. The molecule has 2 aromatic rings. The van der Waals surface area contributed by atoms with Gasteiger partial charge in [-0.05, 0) is 11.6 Å². The van der Waals surface area contributed by atoms with Gasteiger partial charge < -0.3 is 4.57 Å². The van der Waals surface area contributed by atoms with Crippen LogP contribution in [0.2, 0.25) is 0 Å². The minimum Gasteiger partial charge on any atom is -0.308 e. The van der Waals surface area contributed by atoms with Crippen molar-refractivity contribution in [2.24, 2.45) is 7.05 Å². The number of halogens is 3. The fourth-order valence-corrected chi connectivity index (χ4v) is 3.08. The van der Waals surface area contributed by atoms with Crippen LogP contribution >= 0.6 is 0 Å². The zero-order chi connectivity index (χ0) is 15.0. The van der Waals surface area contributed by atoms with Crippen LogP contribution in [0, 0.1) is 0 Å². The molecule has 5 nitrogen and oxygen atoms in total. The molecule has 0 amide bonds. The van der Waals surface area contributed by atoms with Gasteiger partial charge in [-0.25, -0.2) is 8.42 Å². The van der Waals surface area contributed by atoms with Crippen molar-refractivity contribution < 1.29 is 21.6 Å². The Kier molecular flexibility index (Phi) is 3.55. The third-order valence-electron chi connectivity index (χ3n) is 2.56. The Morgan fingerprint density at radius 1 is 1.30 bits per heavy atom. The van der Waals surface area contributed by atoms with E-state index in [9.17, 15) is 21.6 Å². The molecule has 1 heterocycles. The van der Waals surface area contributed by atoms with E-state index in [0.29, 0.717) is 0 Å². The van der Waals surface area contributed by atoms with E-state index < -0.39 is 27.3 Å². The molecule has 0 saturated heterocycles. The lowest BCUT2D eigenvalue weighted by Gasteiger charge is -2.09. The molecule has 0 bridgehead atoms. The number of benzene rings is 1. The van der Waals surface area contributed by atoms with Gasteiger partial charge in [0.15, 0.2) is 0 Å². The molecular formula is C11H10F3N3O2S. The van der Waals surface area contributed by atoms with Gasteiger partial charge in [0.1, 0.15) is 6.33 Å². The number of aromatic nitrogens is 3. The van der Waals surface area contributed by atoms with Crippen molar-refractivity contribution in [3.63, 3.8) is 0 Å². The van der Waals surface area contributed by atoms with E-state index in [-0.39, 0.29) is 10.7 Å². The summed E-state index contributed by atoms with van der Waals surface area (Å²) >= 11 is 0. The Balaban J connectivity index is 2.34. The molecule has 0 unspecified atom stereocenters. The van der Waals surface area contributed by atoms with E-state index in [0.717, 1.165) is 12.1 Å². The molecule has 0 fully saturated rings. The minimum absolute atomic E-state index is 0.0443. The quantitative estimate of drug-likeness (QED) is 0.867. The fraction of sp³-hybridized carbons (Fsp3) is 0.273. The van der Waals surface area contributed by atoms with Crippen LogP contribution in [0.25, 0.3) is 0 Å². The summed E-state index contributed by atoms with van der Waals surface area (Å²) < 4.78 is 63.0. The summed E-state index contributed by atoms with van der Waals surface area (Å²) in [5.74, 6) is -0.566. The van der Waals surface area contributed by atoms with Crippen molar-refractivity contribution in [2.45, 2.75) is 17.1 Å². The third kappa shape index (κ3) is 2.98. The van der Waals surface area contributed by atoms with Crippen LogP contribution in [0.1, 0.15) is 11.1 Å². The molecule has 2 rings (SSSR count). The SMILES string of the molecule is Cn1cnnc1S(=O)(=O)Cc1cccc(C(F)(F)F)c1. The van der Waals surface area contributed by atoms with E-state index in [4.69, 9.17) is 0 Å². The zero-order valence-corrected chi connectivity index (χ0v) is 11.1. The standard InChI is InChI=1S/C11H10F3N3O2S/c1-17-7-15-16-10(17)20(18,19)6-8-3-2-4-9(5-8)11(12,13)14/h2-5,7H,6H2,1H3. The van der Waals surface area contributed by atoms with E-state index in [1.165, 1.54) is 30.1 Å². The first kappa shape index (κ1) is 14.5. The molecule has 0 aliphatic carbocycles. The van der Waals surface area contributed by atoms with Crippen LogP contribution in [0.5, 0.6) is 0 Å². The number of alkyl halides is 3. The van der Waals surface area contributed by atoms with Crippen LogP contribution in [0.15, 0.2) is 35.7 Å². The van der Waals surface area contributed by atoms with Crippen molar-refractivity contribution in [1.29, 1.82) is 0 Å². The van der Waals surface area contributed by atoms with Gasteiger partial charge in [0, 0.05) is 7.05 Å². The van der Waals surface area contributed by atoms with Crippen LogP contribution in [-0.2, 0) is 28.8 Å². The molecule has 0 saturated carbocycles. The summed E-state index contributed by atoms with van der Waals surface area (Å²) in [6.07, 6.45) is -3.30. The van der Waals surface area contributed by atoms with Gasteiger partial charge in [0.2, 0.25) is 15.0 Å². The van der Waals surface area contributed by atoms with Gasteiger partial charge in [-0.3, -0.25) is 0 Å². The first-order chi connectivity index (χ1) is 9.20. The molecule has 0 atom stereocenters. The molecule has 0 N–H and O–H groups in total. The van der Waals surface area contributed by atoms with Crippen LogP contribution < -0.4 is 0 Å². The number of nitrogens with zero attached hydrogens (tertiary/aromatic N) is 3. The summed E-state index contributed by atoms with van der Waals surface area (Å²) in [4.78, 5) is 0. The van der Waals surface area contributed by atoms with Gasteiger partial charge in [0.25, 0.3) is 0 Å². The lowest BCUT2D eigenvalue weighted by atomic mass is 10.1. The maximum absolute atomic E-state index is 12.6. The molecular weight excluding hydrogens is 295 g/mol. The normalized spacial score (nSPS) is 12.6. The minimum atomic E-state index is -4.51. The summed E-state index contributed by atoms with van der Waals surface area (Å²) in [7, 11) is -2.40. The molecule has 20 heavy (non-hydrogen) atoms. The van der Waals surface area contributed by atoms with Crippen LogP contribution in [0.4, 0.5) is 13.2 Å². The van der Waals surface area contributed by atoms with Crippen molar-refractivity contribution in [2.75, 3.05) is 0 Å². The van der Waals surface area contributed by atoms with Gasteiger partial charge in [-0.15, -0.1) is 10.2 Å². The Hall–Kier alpha value is -1.90. The topological polar surface area (TPSA) is 64.8 Å². The first-order valence-electron chi connectivity index (χ1n) is 5.43. The van der Waals surface area contributed by atoms with E-state index >= 15 is 0 Å². The Labute approximate surface area is 113 Å². The summed E-state index contributed by atoms with van der Waals surface area (Å²) in [5.41, 5.74) is -0.842. The third-order valence-corrected chi connectivity index (χ3v) is 4.20. The molecule has 0 radical (unpaired) electrons.